The molecule has 154 valence electrons. The maximum atomic E-state index is 13.1. The van der Waals surface area contributed by atoms with Crippen LogP contribution in [0.25, 0.3) is 0 Å². The highest BCUT2D eigenvalue weighted by Crippen LogP contribution is 2.40. The lowest BCUT2D eigenvalue weighted by Gasteiger charge is -2.31. The number of aromatic nitrogens is 2. The van der Waals surface area contributed by atoms with Crippen LogP contribution in [0.3, 0.4) is 0 Å². The molecule has 1 aliphatic carbocycles. The Hall–Kier alpha value is -2.64. The van der Waals surface area contributed by atoms with Crippen LogP contribution in [0.15, 0.2) is 18.2 Å². The number of benzene rings is 1. The first-order valence-corrected chi connectivity index (χ1v) is 9.77. The summed E-state index contributed by atoms with van der Waals surface area (Å²) in [5.41, 5.74) is 1.74. The second-order valence-corrected chi connectivity index (χ2v) is 7.53. The maximum absolute atomic E-state index is 13.1. The number of carbonyl (C=O) groups excluding carboxylic acids is 1. The van der Waals surface area contributed by atoms with Crippen molar-refractivity contribution in [2.75, 3.05) is 18.1 Å². The number of esters is 1. The van der Waals surface area contributed by atoms with Gasteiger partial charge in [0.2, 0.25) is 0 Å². The first-order valence-electron chi connectivity index (χ1n) is 9.77. The summed E-state index contributed by atoms with van der Waals surface area (Å²) in [7, 11) is 0. The van der Waals surface area contributed by atoms with Gasteiger partial charge in [0, 0.05) is 24.6 Å². The van der Waals surface area contributed by atoms with Gasteiger partial charge in [0.25, 0.3) is 0 Å². The van der Waals surface area contributed by atoms with E-state index in [-0.39, 0.29) is 18.2 Å². The molecule has 29 heavy (non-hydrogen) atoms. The van der Waals surface area contributed by atoms with Crippen LogP contribution in [0.2, 0.25) is 0 Å². The van der Waals surface area contributed by atoms with Crippen LogP contribution in [0.1, 0.15) is 64.2 Å². The van der Waals surface area contributed by atoms with E-state index in [0.717, 1.165) is 24.5 Å². The molecular formula is C21H22F3N3O2. The molecule has 0 spiro atoms. The Balaban J connectivity index is 1.71. The number of rotatable bonds is 4. The number of alkyl halides is 3. The number of hydrogen-bond donors (Lipinski definition) is 0. The van der Waals surface area contributed by atoms with E-state index in [1.807, 2.05) is 4.90 Å². The van der Waals surface area contributed by atoms with Crippen molar-refractivity contribution in [1.29, 1.82) is 0 Å². The Morgan fingerprint density at radius 3 is 2.66 bits per heavy atom. The van der Waals surface area contributed by atoms with E-state index in [1.165, 1.54) is 6.07 Å². The Morgan fingerprint density at radius 1 is 1.24 bits per heavy atom. The molecule has 0 unspecified atom stereocenters. The summed E-state index contributed by atoms with van der Waals surface area (Å²) in [5.74, 6) is 0.959. The summed E-state index contributed by atoms with van der Waals surface area (Å²) in [4.78, 5) is 23.5. The Bertz CT molecular complexity index is 955. The van der Waals surface area contributed by atoms with E-state index in [1.54, 1.807) is 19.9 Å². The number of anilines is 1. The topological polar surface area (TPSA) is 55.3 Å². The number of nitrogens with zero attached hydrogens (tertiary/aromatic N) is 3. The molecule has 4 rings (SSSR count). The van der Waals surface area contributed by atoms with Crippen LogP contribution in [0, 0.1) is 6.92 Å². The smallest absolute Gasteiger partial charge is 0.416 e. The van der Waals surface area contributed by atoms with Crippen molar-refractivity contribution in [1.82, 2.24) is 9.97 Å². The van der Waals surface area contributed by atoms with Gasteiger partial charge in [-0.15, -0.1) is 0 Å². The average molecular weight is 405 g/mol. The number of fused-ring (bicyclic) bond motifs is 1. The van der Waals surface area contributed by atoms with E-state index in [2.05, 4.69) is 4.98 Å². The lowest BCUT2D eigenvalue weighted by molar-refractivity contribution is -0.137. The molecule has 1 aromatic heterocycles. The lowest BCUT2D eigenvalue weighted by atomic mass is 9.97. The highest BCUT2D eigenvalue weighted by Gasteiger charge is 2.33. The summed E-state index contributed by atoms with van der Waals surface area (Å²) >= 11 is 0. The molecule has 0 bridgehead atoms. The largest absolute Gasteiger partial charge is 0.461 e. The molecule has 0 radical (unpaired) electrons. The van der Waals surface area contributed by atoms with Gasteiger partial charge >= 0.3 is 12.1 Å². The monoisotopic (exact) mass is 405 g/mol. The van der Waals surface area contributed by atoms with Crippen molar-refractivity contribution < 1.29 is 22.7 Å². The van der Waals surface area contributed by atoms with Crippen molar-refractivity contribution in [3.05, 3.63) is 52.0 Å². The third-order valence-electron chi connectivity index (χ3n) is 5.39. The second-order valence-electron chi connectivity index (χ2n) is 7.53. The van der Waals surface area contributed by atoms with Gasteiger partial charge in [-0.3, -0.25) is 0 Å². The zero-order chi connectivity index (χ0) is 20.8. The molecule has 2 heterocycles. The Morgan fingerprint density at radius 2 is 2.00 bits per heavy atom. The fourth-order valence-corrected chi connectivity index (χ4v) is 3.67. The van der Waals surface area contributed by atoms with Gasteiger partial charge in [-0.05, 0) is 56.4 Å². The first-order chi connectivity index (χ1) is 13.8. The minimum atomic E-state index is -4.38. The molecule has 5 nitrogen and oxygen atoms in total. The molecule has 0 atom stereocenters. The van der Waals surface area contributed by atoms with Gasteiger partial charge < -0.3 is 9.64 Å². The summed E-state index contributed by atoms with van der Waals surface area (Å²) < 4.78 is 44.5. The maximum Gasteiger partial charge on any atom is 0.416 e. The van der Waals surface area contributed by atoms with Crippen molar-refractivity contribution >= 4 is 11.8 Å². The van der Waals surface area contributed by atoms with Crippen LogP contribution in [-0.2, 0) is 23.9 Å². The molecular weight excluding hydrogens is 383 g/mol. The van der Waals surface area contributed by atoms with E-state index in [4.69, 9.17) is 9.72 Å². The molecule has 8 heteroatoms. The zero-order valence-electron chi connectivity index (χ0n) is 16.3. The summed E-state index contributed by atoms with van der Waals surface area (Å²) in [6.07, 6.45) is -1.81. The van der Waals surface area contributed by atoms with Gasteiger partial charge in [0.1, 0.15) is 11.6 Å². The molecule has 1 aliphatic heterocycles. The first kappa shape index (κ1) is 19.7. The fourth-order valence-electron chi connectivity index (χ4n) is 3.67. The van der Waals surface area contributed by atoms with E-state index in [0.29, 0.717) is 42.3 Å². The highest BCUT2D eigenvalue weighted by atomic mass is 19.4. The number of halogens is 3. The molecule has 0 saturated heterocycles. The fraction of sp³-hybridized carbons (Fsp3) is 0.476. The predicted octanol–water partition coefficient (Wildman–Crippen LogP) is 4.42. The minimum absolute atomic E-state index is 0.233. The van der Waals surface area contributed by atoms with E-state index < -0.39 is 17.7 Å². The number of carbonyl (C=O) groups is 1. The predicted molar refractivity (Wildman–Crippen MR) is 101 cm³/mol. The molecule has 1 fully saturated rings. The van der Waals surface area contributed by atoms with Crippen LogP contribution < -0.4 is 4.90 Å². The molecule has 1 saturated carbocycles. The minimum Gasteiger partial charge on any atom is -0.461 e. The Kier molecular flexibility index (Phi) is 4.96. The van der Waals surface area contributed by atoms with E-state index in [9.17, 15) is 18.0 Å². The standard InChI is InChI=1S/C21H22F3N3O2/c1-3-29-20(28)17-12(2)19(26-18(25-17)14-4-5-14)27-9-8-13-6-7-16(21(22,23)24)10-15(13)11-27/h6-7,10,14H,3-5,8-9,11H2,1-2H3. The van der Waals surface area contributed by atoms with Gasteiger partial charge in [-0.1, -0.05) is 6.07 Å². The molecule has 2 aliphatic rings. The van der Waals surface area contributed by atoms with Gasteiger partial charge in [0.05, 0.1) is 12.2 Å². The van der Waals surface area contributed by atoms with Crippen LogP contribution in [-0.4, -0.2) is 29.1 Å². The summed E-state index contributed by atoms with van der Waals surface area (Å²) in [5, 5.41) is 0. The van der Waals surface area contributed by atoms with Gasteiger partial charge in [-0.25, -0.2) is 14.8 Å². The molecule has 2 aromatic rings. The average Bonchev–Trinajstić information content (AvgIpc) is 3.52. The zero-order valence-corrected chi connectivity index (χ0v) is 16.3. The Labute approximate surface area is 166 Å². The van der Waals surface area contributed by atoms with Gasteiger partial charge in [0.15, 0.2) is 5.69 Å². The third kappa shape index (κ3) is 3.93. The quantitative estimate of drug-likeness (QED) is 0.705. The van der Waals surface area contributed by atoms with E-state index >= 15 is 0 Å². The third-order valence-corrected chi connectivity index (χ3v) is 5.39. The normalized spacial score (nSPS) is 16.5. The van der Waals surface area contributed by atoms with Crippen molar-refractivity contribution in [2.24, 2.45) is 0 Å². The second kappa shape index (κ2) is 7.31. The van der Waals surface area contributed by atoms with Crippen molar-refractivity contribution in [3.8, 4) is 0 Å². The SMILES string of the molecule is CCOC(=O)c1nc(C2CC2)nc(N2CCc3ccc(C(F)(F)F)cc3C2)c1C. The summed E-state index contributed by atoms with van der Waals surface area (Å²) in [6, 6.07) is 3.91. The highest BCUT2D eigenvalue weighted by molar-refractivity contribution is 5.90. The van der Waals surface area contributed by atoms with Crippen LogP contribution >= 0.6 is 0 Å². The molecule has 0 amide bonds. The molecule has 1 aromatic carbocycles. The summed E-state index contributed by atoms with van der Waals surface area (Å²) in [6.45, 7) is 4.66. The lowest BCUT2D eigenvalue weighted by Crippen LogP contribution is -2.33. The number of ether oxygens (including phenoxy) is 1. The van der Waals surface area contributed by atoms with Crippen molar-refractivity contribution in [2.45, 2.75) is 51.7 Å². The van der Waals surface area contributed by atoms with Crippen LogP contribution in [0.5, 0.6) is 0 Å². The van der Waals surface area contributed by atoms with Crippen LogP contribution in [0.4, 0.5) is 19.0 Å². The van der Waals surface area contributed by atoms with Crippen molar-refractivity contribution in [3.63, 3.8) is 0 Å². The molecule has 0 N–H and O–H groups in total. The van der Waals surface area contributed by atoms with Gasteiger partial charge in [-0.2, -0.15) is 13.2 Å². The number of hydrogen-bond acceptors (Lipinski definition) is 5.